The highest BCUT2D eigenvalue weighted by Crippen LogP contribution is 2.31. The number of alkyl halides is 3. The van der Waals surface area contributed by atoms with E-state index in [0.717, 1.165) is 6.07 Å². The Bertz CT molecular complexity index is 433. The summed E-state index contributed by atoms with van der Waals surface area (Å²) in [6.45, 7) is 0. The first-order chi connectivity index (χ1) is 7.20. The van der Waals surface area contributed by atoms with Crippen LogP contribution in [0, 0.1) is 0 Å². The molecule has 1 aromatic rings. The van der Waals surface area contributed by atoms with Crippen molar-refractivity contribution in [3.63, 3.8) is 0 Å². The van der Waals surface area contributed by atoms with Crippen LogP contribution in [0.4, 0.5) is 18.9 Å². The van der Waals surface area contributed by atoms with Crippen LogP contribution in [0.1, 0.15) is 10.4 Å². The van der Waals surface area contributed by atoms with Gasteiger partial charge in [0.15, 0.2) is 0 Å². The van der Waals surface area contributed by atoms with Gasteiger partial charge < -0.3 is 15.6 Å². The molecule has 1 rings (SSSR count). The van der Waals surface area contributed by atoms with Gasteiger partial charge in [0, 0.05) is 6.07 Å². The van der Waals surface area contributed by atoms with Gasteiger partial charge in [0.1, 0.15) is 5.75 Å². The Labute approximate surface area is 92.4 Å². The summed E-state index contributed by atoms with van der Waals surface area (Å²) in [7, 11) is 0. The number of anilines is 1. The highest BCUT2D eigenvalue weighted by molar-refractivity contribution is 6.36. The summed E-state index contributed by atoms with van der Waals surface area (Å²) >= 11 is 5.49. The van der Waals surface area contributed by atoms with Gasteiger partial charge in [0.25, 0.3) is 0 Å². The third-order valence-corrected chi connectivity index (χ3v) is 1.96. The van der Waals surface area contributed by atoms with Gasteiger partial charge in [-0.05, 0) is 6.07 Å². The Balaban J connectivity index is 3.19. The van der Waals surface area contributed by atoms with Crippen molar-refractivity contribution in [1.29, 1.82) is 0 Å². The summed E-state index contributed by atoms with van der Waals surface area (Å²) in [5.74, 6) is -2.23. The van der Waals surface area contributed by atoms with E-state index in [1.165, 1.54) is 0 Å². The predicted molar refractivity (Wildman–Crippen MR) is 49.5 cm³/mol. The van der Waals surface area contributed by atoms with E-state index in [0.29, 0.717) is 6.07 Å². The number of carboxylic acids is 1. The average molecular weight is 256 g/mol. The number of nitrogens with two attached hydrogens (primary N) is 1. The first-order valence-corrected chi connectivity index (χ1v) is 4.16. The molecule has 0 saturated heterocycles. The molecular weight excluding hydrogens is 251 g/mol. The van der Waals surface area contributed by atoms with Gasteiger partial charge in [-0.1, -0.05) is 11.6 Å². The highest BCUT2D eigenvalue weighted by atomic mass is 35.5. The van der Waals surface area contributed by atoms with E-state index in [4.69, 9.17) is 22.4 Å². The molecule has 0 aromatic heterocycles. The Morgan fingerprint density at radius 2 is 2.00 bits per heavy atom. The molecule has 88 valence electrons. The van der Waals surface area contributed by atoms with Crippen LogP contribution >= 0.6 is 11.6 Å². The number of carbonyl (C=O) groups is 1. The van der Waals surface area contributed by atoms with Crippen LogP contribution in [0.2, 0.25) is 5.02 Å². The summed E-state index contributed by atoms with van der Waals surface area (Å²) < 4.78 is 39.1. The predicted octanol–water partition coefficient (Wildman–Crippen LogP) is 2.52. The van der Waals surface area contributed by atoms with Crippen LogP contribution in [-0.4, -0.2) is 17.4 Å². The topological polar surface area (TPSA) is 72.5 Å². The largest absolute Gasteiger partial charge is 0.573 e. The minimum absolute atomic E-state index is 0.305. The third kappa shape index (κ3) is 2.93. The molecule has 0 aliphatic carbocycles. The Morgan fingerprint density at radius 3 is 2.44 bits per heavy atom. The number of halogens is 4. The van der Waals surface area contributed by atoms with Crippen LogP contribution in [0.5, 0.6) is 5.75 Å². The molecule has 0 radical (unpaired) electrons. The summed E-state index contributed by atoms with van der Waals surface area (Å²) in [4.78, 5) is 10.6. The van der Waals surface area contributed by atoms with Crippen LogP contribution in [0.15, 0.2) is 12.1 Å². The lowest BCUT2D eigenvalue weighted by molar-refractivity contribution is -0.274. The molecule has 3 N–H and O–H groups in total. The van der Waals surface area contributed by atoms with Gasteiger partial charge in [-0.25, -0.2) is 4.79 Å². The third-order valence-electron chi connectivity index (χ3n) is 1.54. The molecule has 0 spiro atoms. The second-order valence-corrected chi connectivity index (χ2v) is 3.10. The van der Waals surface area contributed by atoms with E-state index in [9.17, 15) is 18.0 Å². The van der Waals surface area contributed by atoms with Crippen molar-refractivity contribution < 1.29 is 27.8 Å². The van der Waals surface area contributed by atoms with Crippen LogP contribution in [0.3, 0.4) is 0 Å². The monoisotopic (exact) mass is 255 g/mol. The minimum atomic E-state index is -4.92. The number of hydrogen-bond acceptors (Lipinski definition) is 3. The first-order valence-electron chi connectivity index (χ1n) is 3.79. The van der Waals surface area contributed by atoms with Crippen molar-refractivity contribution >= 4 is 23.3 Å². The molecule has 0 saturated carbocycles. The molecule has 0 aliphatic heterocycles. The normalized spacial score (nSPS) is 11.2. The maximum absolute atomic E-state index is 11.9. The molecule has 0 fully saturated rings. The van der Waals surface area contributed by atoms with E-state index in [1.807, 2.05) is 0 Å². The molecule has 0 heterocycles. The van der Waals surface area contributed by atoms with Gasteiger partial charge >= 0.3 is 12.3 Å². The quantitative estimate of drug-likeness (QED) is 0.797. The molecule has 1 aromatic carbocycles. The number of ether oxygens (including phenoxy) is 1. The van der Waals surface area contributed by atoms with Crippen molar-refractivity contribution in [2.45, 2.75) is 6.36 Å². The standard InChI is InChI=1S/C8H5ClF3NO3/c9-6-4(7(14)15)1-3(2-5(6)13)16-8(10,11)12/h1-2H,13H2,(H,14,15). The van der Waals surface area contributed by atoms with Gasteiger partial charge in [-0.2, -0.15) is 0 Å². The number of carboxylic acid groups (broad SMARTS) is 1. The van der Waals surface area contributed by atoms with Crippen LogP contribution in [0.25, 0.3) is 0 Å². The zero-order valence-corrected chi connectivity index (χ0v) is 8.26. The Kier molecular flexibility index (Phi) is 3.18. The lowest BCUT2D eigenvalue weighted by Gasteiger charge is -2.11. The number of nitrogen functional groups attached to an aromatic ring is 1. The fourth-order valence-electron chi connectivity index (χ4n) is 0.968. The molecule has 0 unspecified atom stereocenters. The van der Waals surface area contributed by atoms with Gasteiger partial charge in [-0.3, -0.25) is 0 Å². The van der Waals surface area contributed by atoms with Gasteiger partial charge in [-0.15, -0.1) is 13.2 Å². The summed E-state index contributed by atoms with van der Waals surface area (Å²) in [5, 5.41) is 8.30. The van der Waals surface area contributed by atoms with Crippen molar-refractivity contribution in [2.24, 2.45) is 0 Å². The van der Waals surface area contributed by atoms with Crippen molar-refractivity contribution in [3.05, 3.63) is 22.7 Å². The maximum Gasteiger partial charge on any atom is 0.573 e. The van der Waals surface area contributed by atoms with Crippen molar-refractivity contribution in [2.75, 3.05) is 5.73 Å². The molecule has 0 atom stereocenters. The first kappa shape index (κ1) is 12.4. The molecule has 4 nitrogen and oxygen atoms in total. The SMILES string of the molecule is Nc1cc(OC(F)(F)F)cc(C(=O)O)c1Cl. The van der Waals surface area contributed by atoms with Crippen LogP contribution in [-0.2, 0) is 0 Å². The number of aromatic carboxylic acids is 1. The second kappa shape index (κ2) is 4.09. The fourth-order valence-corrected chi connectivity index (χ4v) is 1.16. The van der Waals surface area contributed by atoms with Gasteiger partial charge in [0.2, 0.25) is 0 Å². The molecule has 8 heteroatoms. The maximum atomic E-state index is 11.9. The summed E-state index contributed by atoms with van der Waals surface area (Å²) in [6, 6.07) is 1.44. The lowest BCUT2D eigenvalue weighted by atomic mass is 10.2. The van der Waals surface area contributed by atoms with Crippen LogP contribution < -0.4 is 10.5 Å². The molecule has 16 heavy (non-hydrogen) atoms. The summed E-state index contributed by atoms with van der Waals surface area (Å²) in [5.41, 5.74) is 4.38. The zero-order chi connectivity index (χ0) is 12.5. The second-order valence-electron chi connectivity index (χ2n) is 2.73. The highest BCUT2D eigenvalue weighted by Gasteiger charge is 2.31. The van der Waals surface area contributed by atoms with E-state index >= 15 is 0 Å². The number of benzene rings is 1. The average Bonchev–Trinajstić information content (AvgIpc) is 2.07. The van der Waals surface area contributed by atoms with E-state index in [1.54, 1.807) is 0 Å². The lowest BCUT2D eigenvalue weighted by Crippen LogP contribution is -2.17. The summed E-state index contributed by atoms with van der Waals surface area (Å²) in [6.07, 6.45) is -4.92. The molecule has 0 aliphatic rings. The zero-order valence-electron chi connectivity index (χ0n) is 7.51. The van der Waals surface area contributed by atoms with E-state index in [-0.39, 0.29) is 10.7 Å². The smallest absolute Gasteiger partial charge is 0.478 e. The van der Waals surface area contributed by atoms with E-state index in [2.05, 4.69) is 4.74 Å². The molecule has 0 amide bonds. The van der Waals surface area contributed by atoms with E-state index < -0.39 is 23.6 Å². The van der Waals surface area contributed by atoms with Crippen molar-refractivity contribution in [1.82, 2.24) is 0 Å². The number of hydrogen-bond donors (Lipinski definition) is 2. The van der Waals surface area contributed by atoms with Crippen molar-refractivity contribution in [3.8, 4) is 5.75 Å². The molecule has 0 bridgehead atoms. The Hall–Kier alpha value is -1.63. The fraction of sp³-hybridized carbons (Fsp3) is 0.125. The number of rotatable bonds is 2. The van der Waals surface area contributed by atoms with Gasteiger partial charge in [0.05, 0.1) is 16.3 Å². The minimum Gasteiger partial charge on any atom is -0.478 e. The molecular formula is C8H5ClF3NO3. The Morgan fingerprint density at radius 1 is 1.44 bits per heavy atom.